The highest BCUT2D eigenvalue weighted by Gasteiger charge is 2.13. The first-order valence-corrected chi connectivity index (χ1v) is 7.46. The van der Waals surface area contributed by atoms with Crippen LogP contribution in [0.3, 0.4) is 0 Å². The van der Waals surface area contributed by atoms with E-state index in [0.29, 0.717) is 12.1 Å². The van der Waals surface area contributed by atoms with Crippen LogP contribution < -0.4 is 11.1 Å². The zero-order chi connectivity index (χ0) is 13.8. The van der Waals surface area contributed by atoms with E-state index in [0.717, 1.165) is 12.7 Å². The predicted octanol–water partition coefficient (Wildman–Crippen LogP) is 1.39. The molecule has 1 aromatic rings. The summed E-state index contributed by atoms with van der Waals surface area (Å²) in [6.45, 7) is 1.94. The Kier molecular flexibility index (Phi) is 9.76. The summed E-state index contributed by atoms with van der Waals surface area (Å²) in [7, 11) is -3.32. The van der Waals surface area contributed by atoms with Crippen molar-refractivity contribution < 1.29 is 13.2 Å². The maximum atomic E-state index is 11.6. The lowest BCUT2D eigenvalue weighted by Gasteiger charge is -2.10. The van der Waals surface area contributed by atoms with Gasteiger partial charge in [0.05, 0.1) is 17.9 Å². The fraction of sp³-hybridized carbons (Fsp3) is 0.455. The normalized spacial score (nSPS) is 11.8. The highest BCUT2D eigenvalue weighted by molar-refractivity contribution is 7.90. The molecule has 0 aliphatic heterocycles. The Balaban J connectivity index is 0. The minimum atomic E-state index is -3.32. The molecule has 0 fully saturated rings. The molecule has 0 aromatic carbocycles. The van der Waals surface area contributed by atoms with Crippen molar-refractivity contribution in [3.8, 4) is 0 Å². The summed E-state index contributed by atoms with van der Waals surface area (Å²) in [5.41, 5.74) is 6.08. The zero-order valence-electron chi connectivity index (χ0n) is 11.2. The molecule has 3 N–H and O–H groups in total. The number of hydrogen-bond donors (Lipinski definition) is 2. The van der Waals surface area contributed by atoms with Crippen molar-refractivity contribution in [3.63, 3.8) is 0 Å². The Labute approximate surface area is 131 Å². The van der Waals surface area contributed by atoms with E-state index >= 15 is 0 Å². The number of carbonyl (C=O) groups excluding carboxylic acids is 1. The molecule has 20 heavy (non-hydrogen) atoms. The van der Waals surface area contributed by atoms with Crippen molar-refractivity contribution in [1.29, 1.82) is 0 Å². The Morgan fingerprint density at radius 3 is 2.40 bits per heavy atom. The SMILES string of the molecule is CCCC(N)C(=O)Nc1ccc(S(C)(=O)=O)nc1.Cl.Cl. The molecular weight excluding hydrogens is 325 g/mol. The van der Waals surface area contributed by atoms with Crippen LogP contribution in [0.25, 0.3) is 0 Å². The molecule has 6 nitrogen and oxygen atoms in total. The second kappa shape index (κ2) is 9.12. The van der Waals surface area contributed by atoms with Crippen LogP contribution in [0.2, 0.25) is 0 Å². The van der Waals surface area contributed by atoms with E-state index in [1.54, 1.807) is 0 Å². The topological polar surface area (TPSA) is 102 Å². The molecule has 1 aromatic heterocycles. The minimum Gasteiger partial charge on any atom is -0.323 e. The van der Waals surface area contributed by atoms with Gasteiger partial charge in [-0.25, -0.2) is 13.4 Å². The van der Waals surface area contributed by atoms with Crippen LogP contribution in [0.1, 0.15) is 19.8 Å². The molecule has 0 bridgehead atoms. The van der Waals surface area contributed by atoms with Crippen LogP contribution in [-0.2, 0) is 14.6 Å². The second-order valence-electron chi connectivity index (χ2n) is 4.04. The summed E-state index contributed by atoms with van der Waals surface area (Å²) in [5, 5.41) is 2.55. The highest BCUT2D eigenvalue weighted by atomic mass is 35.5. The minimum absolute atomic E-state index is 0. The first-order valence-electron chi connectivity index (χ1n) is 5.57. The van der Waals surface area contributed by atoms with Gasteiger partial charge in [0.1, 0.15) is 0 Å². The van der Waals surface area contributed by atoms with Crippen LogP contribution in [0.5, 0.6) is 0 Å². The fourth-order valence-electron chi connectivity index (χ4n) is 1.35. The fourth-order valence-corrected chi connectivity index (χ4v) is 1.91. The molecule has 1 amide bonds. The molecule has 1 heterocycles. The second-order valence-corrected chi connectivity index (χ2v) is 6.00. The number of carbonyl (C=O) groups is 1. The van der Waals surface area contributed by atoms with Gasteiger partial charge in [-0.1, -0.05) is 13.3 Å². The van der Waals surface area contributed by atoms with Crippen LogP contribution in [0, 0.1) is 0 Å². The summed E-state index contributed by atoms with van der Waals surface area (Å²) in [6, 6.07) is 2.26. The molecule has 0 aliphatic carbocycles. The lowest BCUT2D eigenvalue weighted by Crippen LogP contribution is -2.35. The largest absolute Gasteiger partial charge is 0.323 e. The number of nitrogens with two attached hydrogens (primary N) is 1. The van der Waals surface area contributed by atoms with Crippen molar-refractivity contribution in [2.45, 2.75) is 30.8 Å². The average Bonchev–Trinajstić information content (AvgIpc) is 2.28. The number of nitrogens with zero attached hydrogens (tertiary/aromatic N) is 1. The van der Waals surface area contributed by atoms with E-state index in [2.05, 4.69) is 10.3 Å². The smallest absolute Gasteiger partial charge is 0.241 e. The first kappa shape index (κ1) is 21.4. The van der Waals surface area contributed by atoms with Crippen molar-refractivity contribution in [1.82, 2.24) is 4.98 Å². The molecule has 0 radical (unpaired) electrons. The van der Waals surface area contributed by atoms with Gasteiger partial charge in [0.25, 0.3) is 0 Å². The van der Waals surface area contributed by atoms with Gasteiger partial charge in [0.15, 0.2) is 14.9 Å². The van der Waals surface area contributed by atoms with Crippen molar-refractivity contribution in [3.05, 3.63) is 18.3 Å². The van der Waals surface area contributed by atoms with Crippen molar-refractivity contribution in [2.24, 2.45) is 5.73 Å². The third-order valence-corrected chi connectivity index (χ3v) is 3.32. The summed E-state index contributed by atoms with van der Waals surface area (Å²) in [4.78, 5) is 15.4. The number of halogens is 2. The molecule has 0 aliphatic rings. The van der Waals surface area contributed by atoms with E-state index in [1.807, 2.05) is 6.92 Å². The quantitative estimate of drug-likeness (QED) is 0.840. The number of nitrogens with one attached hydrogen (secondary N) is 1. The number of pyridine rings is 1. The number of sulfone groups is 1. The summed E-state index contributed by atoms with van der Waals surface area (Å²) in [6.07, 6.45) is 3.79. The lowest BCUT2D eigenvalue weighted by atomic mass is 10.1. The standard InChI is InChI=1S/C11H17N3O3S.2ClH/c1-3-4-9(12)11(15)14-8-5-6-10(13-7-8)18(2,16)17;;/h5-7,9H,3-4,12H2,1-2H3,(H,14,15);2*1H. The summed E-state index contributed by atoms with van der Waals surface area (Å²) >= 11 is 0. The van der Waals surface area contributed by atoms with Crippen molar-refractivity contribution in [2.75, 3.05) is 11.6 Å². The summed E-state index contributed by atoms with van der Waals surface area (Å²) in [5.74, 6) is -0.300. The van der Waals surface area contributed by atoms with E-state index in [-0.39, 0.29) is 35.7 Å². The number of hydrogen-bond acceptors (Lipinski definition) is 5. The monoisotopic (exact) mass is 343 g/mol. The van der Waals surface area contributed by atoms with Gasteiger partial charge in [-0.05, 0) is 18.6 Å². The Morgan fingerprint density at radius 2 is 2.00 bits per heavy atom. The highest BCUT2D eigenvalue weighted by Crippen LogP contribution is 2.10. The third-order valence-electron chi connectivity index (χ3n) is 2.32. The lowest BCUT2D eigenvalue weighted by molar-refractivity contribution is -0.117. The maximum absolute atomic E-state index is 11.6. The zero-order valence-corrected chi connectivity index (χ0v) is 13.6. The maximum Gasteiger partial charge on any atom is 0.241 e. The Morgan fingerprint density at radius 1 is 1.40 bits per heavy atom. The third kappa shape index (κ3) is 6.51. The van der Waals surface area contributed by atoms with Gasteiger partial charge in [0, 0.05) is 6.26 Å². The number of rotatable bonds is 5. The van der Waals surface area contributed by atoms with Gasteiger partial charge in [0.2, 0.25) is 5.91 Å². The van der Waals surface area contributed by atoms with E-state index < -0.39 is 15.9 Å². The molecule has 1 unspecified atom stereocenters. The van der Waals surface area contributed by atoms with Crippen molar-refractivity contribution >= 4 is 46.2 Å². The molecule has 1 atom stereocenters. The van der Waals surface area contributed by atoms with Gasteiger partial charge < -0.3 is 11.1 Å². The van der Waals surface area contributed by atoms with Crippen LogP contribution in [0.4, 0.5) is 5.69 Å². The predicted molar refractivity (Wildman–Crippen MR) is 83.4 cm³/mol. The Hall–Kier alpha value is -0.890. The van der Waals surface area contributed by atoms with Gasteiger partial charge in [-0.3, -0.25) is 4.79 Å². The van der Waals surface area contributed by atoms with E-state index in [1.165, 1.54) is 18.3 Å². The van der Waals surface area contributed by atoms with Gasteiger partial charge >= 0.3 is 0 Å². The van der Waals surface area contributed by atoms with Crippen LogP contribution in [0.15, 0.2) is 23.4 Å². The number of aromatic nitrogens is 1. The molecule has 116 valence electrons. The van der Waals surface area contributed by atoms with Gasteiger partial charge in [-0.15, -0.1) is 24.8 Å². The Bertz CT molecular complexity index is 520. The van der Waals surface area contributed by atoms with Crippen LogP contribution >= 0.6 is 24.8 Å². The molecular formula is C11H19Cl2N3O3S. The number of amides is 1. The summed E-state index contributed by atoms with van der Waals surface area (Å²) < 4.78 is 22.4. The molecule has 9 heteroatoms. The first-order chi connectivity index (χ1) is 8.34. The van der Waals surface area contributed by atoms with E-state index in [4.69, 9.17) is 5.73 Å². The van der Waals surface area contributed by atoms with E-state index in [9.17, 15) is 13.2 Å². The molecule has 0 spiro atoms. The number of anilines is 1. The molecule has 0 saturated carbocycles. The molecule has 1 rings (SSSR count). The molecule has 0 saturated heterocycles. The van der Waals surface area contributed by atoms with Gasteiger partial charge in [-0.2, -0.15) is 0 Å². The van der Waals surface area contributed by atoms with Crippen LogP contribution in [-0.4, -0.2) is 31.6 Å². The average molecular weight is 344 g/mol.